The van der Waals surface area contributed by atoms with E-state index in [1.165, 1.54) is 0 Å². The third-order valence-electron chi connectivity index (χ3n) is 7.10. The predicted molar refractivity (Wildman–Crippen MR) is 114 cm³/mol. The van der Waals surface area contributed by atoms with Gasteiger partial charge < -0.3 is 10.1 Å². The van der Waals surface area contributed by atoms with Gasteiger partial charge in [-0.25, -0.2) is 4.79 Å². The van der Waals surface area contributed by atoms with Gasteiger partial charge in [-0.05, 0) is 61.1 Å². The SMILES string of the molecule is CCc1ccc(NC(=O)COC(=O)[C@@H](C(C)C)N2C(=O)[C@@H]3[C@@H]4CC[C@@H](C4)[C@@H]3C2=O)cc1. The maximum absolute atomic E-state index is 13.1. The first-order valence-electron chi connectivity index (χ1n) is 11.2. The van der Waals surface area contributed by atoms with Gasteiger partial charge in [-0.15, -0.1) is 0 Å². The zero-order valence-electron chi connectivity index (χ0n) is 18.3. The van der Waals surface area contributed by atoms with Gasteiger partial charge in [0.15, 0.2) is 6.61 Å². The van der Waals surface area contributed by atoms with Crippen molar-refractivity contribution in [2.75, 3.05) is 11.9 Å². The number of hydrogen-bond donors (Lipinski definition) is 1. The van der Waals surface area contributed by atoms with Crippen LogP contribution in [0.2, 0.25) is 0 Å². The van der Waals surface area contributed by atoms with Gasteiger partial charge >= 0.3 is 5.97 Å². The number of benzene rings is 1. The minimum Gasteiger partial charge on any atom is -0.454 e. The molecular weight excluding hydrogens is 396 g/mol. The van der Waals surface area contributed by atoms with Crippen LogP contribution < -0.4 is 5.32 Å². The molecule has 2 saturated carbocycles. The molecular formula is C24H30N2O5. The van der Waals surface area contributed by atoms with Crippen molar-refractivity contribution in [3.05, 3.63) is 29.8 Å². The smallest absolute Gasteiger partial charge is 0.330 e. The fraction of sp³-hybridized carbons (Fsp3) is 0.583. The Bertz CT molecular complexity index is 866. The van der Waals surface area contributed by atoms with E-state index in [2.05, 4.69) is 5.32 Å². The second-order valence-corrected chi connectivity index (χ2v) is 9.33. The molecule has 1 heterocycles. The highest BCUT2D eigenvalue weighted by Gasteiger charge is 2.62. The zero-order chi connectivity index (χ0) is 22.3. The number of nitrogens with one attached hydrogen (secondary N) is 1. The topological polar surface area (TPSA) is 92.8 Å². The monoisotopic (exact) mass is 426 g/mol. The van der Waals surface area contributed by atoms with Crippen molar-refractivity contribution < 1.29 is 23.9 Å². The van der Waals surface area contributed by atoms with E-state index in [1.807, 2.05) is 19.1 Å². The molecule has 7 heteroatoms. The fourth-order valence-electron chi connectivity index (χ4n) is 5.62. The highest BCUT2D eigenvalue weighted by atomic mass is 16.5. The number of ether oxygens (including phenoxy) is 1. The minimum atomic E-state index is -0.998. The van der Waals surface area contributed by atoms with Gasteiger partial charge in [-0.1, -0.05) is 32.9 Å². The number of esters is 1. The van der Waals surface area contributed by atoms with Crippen molar-refractivity contribution in [1.82, 2.24) is 4.90 Å². The van der Waals surface area contributed by atoms with E-state index >= 15 is 0 Å². The lowest BCUT2D eigenvalue weighted by Gasteiger charge is -2.28. The minimum absolute atomic E-state index is 0.238. The normalized spacial score (nSPS) is 27.5. The van der Waals surface area contributed by atoms with Crippen LogP contribution in [-0.4, -0.2) is 41.2 Å². The lowest BCUT2D eigenvalue weighted by Crippen LogP contribution is -2.50. The Morgan fingerprint density at radius 2 is 1.65 bits per heavy atom. The molecule has 0 spiro atoms. The largest absolute Gasteiger partial charge is 0.454 e. The molecule has 1 N–H and O–H groups in total. The van der Waals surface area contributed by atoms with Crippen LogP contribution >= 0.6 is 0 Å². The molecule has 1 aromatic carbocycles. The first kappa shape index (κ1) is 21.5. The molecule has 3 amide bonds. The van der Waals surface area contributed by atoms with E-state index in [0.29, 0.717) is 5.69 Å². The summed E-state index contributed by atoms with van der Waals surface area (Å²) in [6.45, 7) is 5.15. The second-order valence-electron chi connectivity index (χ2n) is 9.33. The quantitative estimate of drug-likeness (QED) is 0.535. The van der Waals surface area contributed by atoms with Crippen LogP contribution in [0.1, 0.15) is 45.6 Å². The molecule has 4 rings (SSSR count). The summed E-state index contributed by atoms with van der Waals surface area (Å²) in [5.41, 5.74) is 1.77. The molecule has 5 atom stereocenters. The molecule has 3 aliphatic rings. The average molecular weight is 427 g/mol. The number of hydrogen-bond acceptors (Lipinski definition) is 5. The molecule has 0 aromatic heterocycles. The van der Waals surface area contributed by atoms with Crippen molar-refractivity contribution in [2.24, 2.45) is 29.6 Å². The van der Waals surface area contributed by atoms with Crippen LogP contribution in [0, 0.1) is 29.6 Å². The van der Waals surface area contributed by atoms with Gasteiger partial charge in [0.2, 0.25) is 11.8 Å². The van der Waals surface area contributed by atoms with Gasteiger partial charge in [0.05, 0.1) is 11.8 Å². The van der Waals surface area contributed by atoms with Gasteiger partial charge in [0, 0.05) is 5.69 Å². The Morgan fingerprint density at radius 3 is 2.16 bits per heavy atom. The number of anilines is 1. The number of aryl methyl sites for hydroxylation is 1. The molecule has 2 aliphatic carbocycles. The number of carbonyl (C=O) groups is 4. The van der Waals surface area contributed by atoms with Crippen molar-refractivity contribution >= 4 is 29.4 Å². The molecule has 1 aliphatic heterocycles. The molecule has 2 bridgehead atoms. The van der Waals surface area contributed by atoms with Crippen LogP contribution in [0.15, 0.2) is 24.3 Å². The van der Waals surface area contributed by atoms with Gasteiger partial charge in [0.25, 0.3) is 5.91 Å². The molecule has 1 saturated heterocycles. The summed E-state index contributed by atoms with van der Waals surface area (Å²) < 4.78 is 5.25. The molecule has 31 heavy (non-hydrogen) atoms. The van der Waals surface area contributed by atoms with E-state index in [-0.39, 0.29) is 41.4 Å². The summed E-state index contributed by atoms with van der Waals surface area (Å²) in [6.07, 6.45) is 3.81. The van der Waals surface area contributed by atoms with Crippen LogP contribution in [0.3, 0.4) is 0 Å². The summed E-state index contributed by atoms with van der Waals surface area (Å²) in [5.74, 6) is -2.01. The average Bonchev–Trinajstić information content (AvgIpc) is 3.42. The van der Waals surface area contributed by atoms with Gasteiger partial charge in [-0.2, -0.15) is 0 Å². The van der Waals surface area contributed by atoms with Crippen LogP contribution in [0.5, 0.6) is 0 Å². The number of imide groups is 1. The summed E-state index contributed by atoms with van der Waals surface area (Å²) in [5, 5.41) is 2.69. The van der Waals surface area contributed by atoms with Crippen molar-refractivity contribution in [1.29, 1.82) is 0 Å². The summed E-state index contributed by atoms with van der Waals surface area (Å²) in [4.78, 5) is 52.4. The van der Waals surface area contributed by atoms with Crippen LogP contribution in [0.25, 0.3) is 0 Å². The highest BCUT2D eigenvalue weighted by Crippen LogP contribution is 2.56. The maximum atomic E-state index is 13.1. The number of fused-ring (bicyclic) bond motifs is 5. The summed E-state index contributed by atoms with van der Waals surface area (Å²) >= 11 is 0. The lowest BCUT2D eigenvalue weighted by atomic mass is 9.81. The Hall–Kier alpha value is -2.70. The van der Waals surface area contributed by atoms with E-state index in [0.717, 1.165) is 36.1 Å². The lowest BCUT2D eigenvalue weighted by molar-refractivity contribution is -0.162. The van der Waals surface area contributed by atoms with Gasteiger partial charge in [-0.3, -0.25) is 19.3 Å². The Kier molecular flexibility index (Phi) is 5.86. The van der Waals surface area contributed by atoms with E-state index in [1.54, 1.807) is 26.0 Å². The third kappa shape index (κ3) is 3.86. The molecule has 0 radical (unpaired) electrons. The summed E-state index contributed by atoms with van der Waals surface area (Å²) in [6, 6.07) is 6.44. The fourth-order valence-corrected chi connectivity index (χ4v) is 5.62. The molecule has 1 aromatic rings. The van der Waals surface area contributed by atoms with E-state index in [4.69, 9.17) is 4.74 Å². The highest BCUT2D eigenvalue weighted by molar-refractivity contribution is 6.08. The van der Waals surface area contributed by atoms with Crippen molar-refractivity contribution in [3.8, 4) is 0 Å². The van der Waals surface area contributed by atoms with Crippen LogP contribution in [-0.2, 0) is 30.3 Å². The van der Waals surface area contributed by atoms with Crippen molar-refractivity contribution in [3.63, 3.8) is 0 Å². The van der Waals surface area contributed by atoms with E-state index in [9.17, 15) is 19.2 Å². The molecule has 0 unspecified atom stereocenters. The standard InChI is InChI=1S/C24H30N2O5/c1-4-14-5-9-17(10-6-14)25-18(27)12-31-24(30)21(13(2)3)26-22(28)19-15-7-8-16(11-15)20(19)23(26)29/h5-6,9-10,13,15-16,19-21H,4,7-8,11-12H2,1-3H3,(H,25,27)/t15-,16+,19-,20+,21-/m1/s1. The Balaban J connectivity index is 1.39. The Morgan fingerprint density at radius 1 is 1.06 bits per heavy atom. The zero-order valence-corrected chi connectivity index (χ0v) is 18.3. The summed E-state index contributed by atoms with van der Waals surface area (Å²) in [7, 11) is 0. The first-order chi connectivity index (χ1) is 14.8. The van der Waals surface area contributed by atoms with Crippen LogP contribution in [0.4, 0.5) is 5.69 Å². The molecule has 3 fully saturated rings. The first-order valence-corrected chi connectivity index (χ1v) is 11.2. The number of likely N-dealkylation sites (tertiary alicyclic amines) is 1. The molecule has 7 nitrogen and oxygen atoms in total. The number of nitrogens with zero attached hydrogens (tertiary/aromatic N) is 1. The van der Waals surface area contributed by atoms with Crippen molar-refractivity contribution in [2.45, 2.75) is 52.5 Å². The van der Waals surface area contributed by atoms with Gasteiger partial charge in [0.1, 0.15) is 6.04 Å². The van der Waals surface area contributed by atoms with E-state index < -0.39 is 24.5 Å². The second kappa shape index (κ2) is 8.44. The number of carbonyl (C=O) groups excluding carboxylic acids is 4. The third-order valence-corrected chi connectivity index (χ3v) is 7.10. The Labute approximate surface area is 182 Å². The number of amides is 3. The number of rotatable bonds is 7. The molecule has 166 valence electrons. The predicted octanol–water partition coefficient (Wildman–Crippen LogP) is 2.79. The maximum Gasteiger partial charge on any atom is 0.330 e.